The van der Waals surface area contributed by atoms with Gasteiger partial charge in [-0.3, -0.25) is 0 Å². The zero-order valence-electron chi connectivity index (χ0n) is 10.9. The van der Waals surface area contributed by atoms with Gasteiger partial charge in [0.1, 0.15) is 0 Å². The van der Waals surface area contributed by atoms with E-state index in [9.17, 15) is 35.1 Å². The van der Waals surface area contributed by atoms with Gasteiger partial charge < -0.3 is 5.11 Å². The van der Waals surface area contributed by atoms with Crippen molar-refractivity contribution in [2.75, 3.05) is 6.61 Å². The summed E-state index contributed by atoms with van der Waals surface area (Å²) in [5.41, 5.74) is -5.40. The van der Waals surface area contributed by atoms with E-state index >= 15 is 0 Å². The Labute approximate surface area is 111 Å². The molecule has 0 aromatic rings. The third kappa shape index (κ3) is 3.17. The summed E-state index contributed by atoms with van der Waals surface area (Å²) in [7, 11) is 0. The summed E-state index contributed by atoms with van der Waals surface area (Å²) >= 11 is 0. The Balaban J connectivity index is 5.53. The number of aliphatic hydroxyl groups is 1. The predicted molar refractivity (Wildman–Crippen MR) is 55.6 cm³/mol. The van der Waals surface area contributed by atoms with Crippen molar-refractivity contribution in [3.63, 3.8) is 0 Å². The fraction of sp³-hybridized carbons (Fsp3) is 1.00. The van der Waals surface area contributed by atoms with Gasteiger partial charge in [0.2, 0.25) is 0 Å². The van der Waals surface area contributed by atoms with Gasteiger partial charge in [0.15, 0.2) is 0 Å². The van der Waals surface area contributed by atoms with Crippen LogP contribution in [0.15, 0.2) is 0 Å². The monoisotopic (exact) mass is 316 g/mol. The summed E-state index contributed by atoms with van der Waals surface area (Å²) in [5.74, 6) is -13.8. The summed E-state index contributed by atoms with van der Waals surface area (Å²) in [4.78, 5) is 0. The molecule has 2 atom stereocenters. The SMILES string of the molecule is CCCCC(CO)C(F)(F)C(F)(F)C(C)(F)C(F)(F)F. The van der Waals surface area contributed by atoms with Crippen molar-refractivity contribution < 1.29 is 40.2 Å². The number of unbranched alkanes of at least 4 members (excludes halogenated alkanes) is 1. The number of hydrogen-bond donors (Lipinski definition) is 1. The van der Waals surface area contributed by atoms with Crippen LogP contribution in [0.3, 0.4) is 0 Å². The molecule has 0 aliphatic heterocycles. The molecule has 1 N–H and O–H groups in total. The highest BCUT2D eigenvalue weighted by atomic mass is 19.4. The van der Waals surface area contributed by atoms with E-state index in [0.717, 1.165) is 0 Å². The van der Waals surface area contributed by atoms with Crippen molar-refractivity contribution in [2.24, 2.45) is 5.92 Å². The first-order chi connectivity index (χ1) is 8.77. The van der Waals surface area contributed by atoms with Crippen LogP contribution in [0.1, 0.15) is 33.1 Å². The van der Waals surface area contributed by atoms with Crippen LogP contribution >= 0.6 is 0 Å². The lowest BCUT2D eigenvalue weighted by molar-refractivity contribution is -0.358. The molecule has 0 aliphatic carbocycles. The second kappa shape index (κ2) is 6.03. The van der Waals surface area contributed by atoms with Crippen molar-refractivity contribution >= 4 is 0 Å². The van der Waals surface area contributed by atoms with Crippen LogP contribution in [0.4, 0.5) is 35.1 Å². The van der Waals surface area contributed by atoms with Crippen LogP contribution in [0.2, 0.25) is 0 Å². The summed E-state index contributed by atoms with van der Waals surface area (Å²) in [6.07, 6.45) is -6.50. The van der Waals surface area contributed by atoms with Gasteiger partial charge in [0, 0.05) is 0 Å². The number of halogens is 8. The fourth-order valence-corrected chi connectivity index (χ4v) is 1.59. The van der Waals surface area contributed by atoms with Crippen LogP contribution in [0.5, 0.6) is 0 Å². The molecule has 20 heavy (non-hydrogen) atoms. The molecule has 1 nitrogen and oxygen atoms in total. The van der Waals surface area contributed by atoms with Gasteiger partial charge in [-0.2, -0.15) is 30.7 Å². The average molecular weight is 316 g/mol. The lowest BCUT2D eigenvalue weighted by Gasteiger charge is -2.39. The first-order valence-corrected chi connectivity index (χ1v) is 5.89. The second-order valence-corrected chi connectivity index (χ2v) is 4.72. The predicted octanol–water partition coefficient (Wildman–Crippen LogP) is 4.35. The molecule has 0 aliphatic rings. The van der Waals surface area contributed by atoms with Crippen molar-refractivity contribution in [3.8, 4) is 0 Å². The van der Waals surface area contributed by atoms with Gasteiger partial charge in [-0.05, 0) is 13.3 Å². The van der Waals surface area contributed by atoms with Crippen molar-refractivity contribution in [1.82, 2.24) is 0 Å². The maximum Gasteiger partial charge on any atom is 0.428 e. The van der Waals surface area contributed by atoms with E-state index in [1.54, 1.807) is 6.92 Å². The topological polar surface area (TPSA) is 20.2 Å². The van der Waals surface area contributed by atoms with E-state index in [0.29, 0.717) is 6.42 Å². The van der Waals surface area contributed by atoms with E-state index in [4.69, 9.17) is 5.11 Å². The minimum atomic E-state index is -6.16. The van der Waals surface area contributed by atoms with E-state index in [-0.39, 0.29) is 6.42 Å². The lowest BCUT2D eigenvalue weighted by atomic mass is 9.84. The molecule has 0 aromatic carbocycles. The zero-order valence-corrected chi connectivity index (χ0v) is 10.9. The van der Waals surface area contributed by atoms with Crippen LogP contribution < -0.4 is 0 Å². The molecule has 0 radical (unpaired) electrons. The molecule has 0 saturated carbocycles. The number of rotatable bonds is 7. The Morgan fingerprint density at radius 1 is 0.950 bits per heavy atom. The highest BCUT2D eigenvalue weighted by Gasteiger charge is 2.78. The van der Waals surface area contributed by atoms with Gasteiger partial charge in [-0.15, -0.1) is 0 Å². The standard InChI is InChI=1S/C11H16F8O/c1-3-4-5-7(6-20)9(13,14)10(15,16)8(2,12)11(17,18)19/h7,20H,3-6H2,1-2H3. The quantitative estimate of drug-likeness (QED) is 0.693. The van der Waals surface area contributed by atoms with Crippen LogP contribution in [0.25, 0.3) is 0 Å². The Morgan fingerprint density at radius 2 is 1.40 bits per heavy atom. The average Bonchev–Trinajstić information content (AvgIpc) is 2.27. The van der Waals surface area contributed by atoms with E-state index in [1.807, 2.05) is 0 Å². The molecule has 0 rings (SSSR count). The molecule has 2 unspecified atom stereocenters. The van der Waals surface area contributed by atoms with Gasteiger partial charge in [0.25, 0.3) is 5.67 Å². The van der Waals surface area contributed by atoms with Gasteiger partial charge >= 0.3 is 18.0 Å². The molecule has 0 aromatic heterocycles. The Kier molecular flexibility index (Phi) is 5.85. The van der Waals surface area contributed by atoms with Crippen LogP contribution in [-0.4, -0.2) is 35.4 Å². The molecule has 0 bridgehead atoms. The molecule has 0 saturated heterocycles. The molecular formula is C11H16F8O. The van der Waals surface area contributed by atoms with Gasteiger partial charge in [-0.1, -0.05) is 19.8 Å². The number of hydrogen-bond acceptors (Lipinski definition) is 1. The lowest BCUT2D eigenvalue weighted by Crippen LogP contribution is -2.64. The highest BCUT2D eigenvalue weighted by Crippen LogP contribution is 2.54. The first kappa shape index (κ1) is 19.4. The molecule has 9 heteroatoms. The normalized spacial score (nSPS) is 18.8. The Hall–Kier alpha value is -0.600. The third-order valence-electron chi connectivity index (χ3n) is 3.18. The van der Waals surface area contributed by atoms with E-state index in [1.165, 1.54) is 0 Å². The maximum absolute atomic E-state index is 13.6. The van der Waals surface area contributed by atoms with Gasteiger partial charge in [-0.25, -0.2) is 4.39 Å². The molecular weight excluding hydrogens is 300 g/mol. The second-order valence-electron chi connectivity index (χ2n) is 4.72. The Bertz CT molecular complexity index is 310. The molecule has 0 spiro atoms. The number of aliphatic hydroxyl groups excluding tert-OH is 1. The summed E-state index contributed by atoms with van der Waals surface area (Å²) < 4.78 is 104. The molecule has 0 amide bonds. The van der Waals surface area contributed by atoms with E-state index in [2.05, 4.69) is 0 Å². The number of alkyl halides is 8. The summed E-state index contributed by atoms with van der Waals surface area (Å²) in [6.45, 7) is -0.550. The highest BCUT2D eigenvalue weighted by molar-refractivity contribution is 5.06. The van der Waals surface area contributed by atoms with Crippen molar-refractivity contribution in [1.29, 1.82) is 0 Å². The summed E-state index contributed by atoms with van der Waals surface area (Å²) in [6, 6.07) is 0. The fourth-order valence-electron chi connectivity index (χ4n) is 1.59. The smallest absolute Gasteiger partial charge is 0.396 e. The molecule has 0 heterocycles. The third-order valence-corrected chi connectivity index (χ3v) is 3.18. The zero-order chi connectivity index (χ0) is 16.4. The maximum atomic E-state index is 13.6. The largest absolute Gasteiger partial charge is 0.428 e. The van der Waals surface area contributed by atoms with Crippen molar-refractivity contribution in [2.45, 2.75) is 56.8 Å². The van der Waals surface area contributed by atoms with Crippen LogP contribution in [-0.2, 0) is 0 Å². The minimum absolute atomic E-state index is 0.00802. The van der Waals surface area contributed by atoms with Crippen molar-refractivity contribution in [3.05, 3.63) is 0 Å². The van der Waals surface area contributed by atoms with Gasteiger partial charge in [0.05, 0.1) is 12.5 Å². The molecule has 122 valence electrons. The molecule has 0 fully saturated rings. The minimum Gasteiger partial charge on any atom is -0.396 e. The first-order valence-electron chi connectivity index (χ1n) is 5.89. The summed E-state index contributed by atoms with van der Waals surface area (Å²) in [5, 5.41) is 8.70. The van der Waals surface area contributed by atoms with E-state index < -0.39 is 49.6 Å². The Morgan fingerprint density at radius 3 is 1.70 bits per heavy atom. The van der Waals surface area contributed by atoms with Crippen LogP contribution in [0, 0.1) is 5.92 Å².